The number of hydrogen-bond donors (Lipinski definition) is 1. The van der Waals surface area contributed by atoms with Crippen LogP contribution in [0.2, 0.25) is 5.28 Å². The molecule has 138 valence electrons. The highest BCUT2D eigenvalue weighted by Crippen LogP contribution is 2.41. The molecule has 0 bridgehead atoms. The zero-order chi connectivity index (χ0) is 18.4. The first-order valence-corrected chi connectivity index (χ1v) is 8.43. The lowest BCUT2D eigenvalue weighted by atomic mass is 9.70. The zero-order valence-corrected chi connectivity index (χ0v) is 14.6. The summed E-state index contributed by atoms with van der Waals surface area (Å²) in [7, 11) is 0. The number of carbonyl (C=O) groups is 1. The molecule has 1 fully saturated rings. The molecule has 1 saturated carbocycles. The van der Waals surface area contributed by atoms with Crippen molar-refractivity contribution in [3.05, 3.63) is 27.4 Å². The van der Waals surface area contributed by atoms with Gasteiger partial charge in [0.25, 0.3) is 0 Å². The minimum absolute atomic E-state index is 0.0347. The van der Waals surface area contributed by atoms with Gasteiger partial charge in [-0.3, -0.25) is 14.9 Å². The van der Waals surface area contributed by atoms with Crippen molar-refractivity contribution in [2.45, 2.75) is 45.1 Å². The van der Waals surface area contributed by atoms with Crippen molar-refractivity contribution in [1.82, 2.24) is 9.97 Å². The van der Waals surface area contributed by atoms with Crippen LogP contribution >= 0.6 is 11.6 Å². The Kier molecular flexibility index (Phi) is 6.46. The van der Waals surface area contributed by atoms with Gasteiger partial charge in [-0.25, -0.2) is 9.37 Å². The van der Waals surface area contributed by atoms with Crippen LogP contribution in [0.5, 0.6) is 0 Å². The molecule has 0 radical (unpaired) electrons. The van der Waals surface area contributed by atoms with Crippen LogP contribution in [-0.4, -0.2) is 40.1 Å². The molecule has 1 heterocycles. The van der Waals surface area contributed by atoms with E-state index in [2.05, 4.69) is 15.3 Å². The first kappa shape index (κ1) is 19.3. The summed E-state index contributed by atoms with van der Waals surface area (Å²) < 4.78 is 18.8. The Morgan fingerprint density at radius 1 is 1.64 bits per heavy atom. The summed E-state index contributed by atoms with van der Waals surface area (Å²) in [5.74, 6) is -1.15. The first-order valence-electron chi connectivity index (χ1n) is 8.05. The zero-order valence-electron chi connectivity index (χ0n) is 13.8. The summed E-state index contributed by atoms with van der Waals surface area (Å²) in [4.78, 5) is 30.0. The number of aromatic nitrogens is 2. The molecule has 0 saturated heterocycles. The number of nitrogens with zero attached hydrogens (tertiary/aromatic N) is 3. The molecule has 25 heavy (non-hydrogen) atoms. The maximum absolute atomic E-state index is 13.8. The molecule has 1 aliphatic rings. The Bertz CT molecular complexity index is 648. The van der Waals surface area contributed by atoms with E-state index < -0.39 is 22.1 Å². The highest BCUT2D eigenvalue weighted by atomic mass is 35.5. The molecule has 8 nitrogen and oxygen atoms in total. The van der Waals surface area contributed by atoms with Gasteiger partial charge >= 0.3 is 5.97 Å². The van der Waals surface area contributed by atoms with Gasteiger partial charge in [-0.15, -0.1) is 0 Å². The van der Waals surface area contributed by atoms with Crippen LogP contribution in [0.15, 0.2) is 6.20 Å². The fourth-order valence-corrected chi connectivity index (χ4v) is 3.50. The van der Waals surface area contributed by atoms with Gasteiger partial charge in [0.2, 0.25) is 11.8 Å². The number of esters is 1. The predicted molar refractivity (Wildman–Crippen MR) is 88.4 cm³/mol. The third kappa shape index (κ3) is 5.48. The molecule has 0 amide bonds. The molecule has 1 aromatic rings. The van der Waals surface area contributed by atoms with Crippen LogP contribution in [0.25, 0.3) is 0 Å². The van der Waals surface area contributed by atoms with Crippen LogP contribution < -0.4 is 5.32 Å². The van der Waals surface area contributed by atoms with Gasteiger partial charge in [0.05, 0.1) is 19.2 Å². The van der Waals surface area contributed by atoms with Crippen molar-refractivity contribution in [3.8, 4) is 0 Å². The third-order valence-corrected chi connectivity index (χ3v) is 4.47. The van der Waals surface area contributed by atoms with E-state index in [0.29, 0.717) is 25.7 Å². The minimum Gasteiger partial charge on any atom is -0.466 e. The van der Waals surface area contributed by atoms with Crippen LogP contribution in [0.3, 0.4) is 0 Å². The molecule has 0 spiro atoms. The molecule has 2 rings (SSSR count). The number of nitro groups is 1. The summed E-state index contributed by atoms with van der Waals surface area (Å²) in [6.07, 6.45) is 3.16. The summed E-state index contributed by atoms with van der Waals surface area (Å²) >= 11 is 5.68. The Morgan fingerprint density at radius 2 is 2.40 bits per heavy atom. The second-order valence-corrected chi connectivity index (χ2v) is 6.58. The monoisotopic (exact) mass is 374 g/mol. The van der Waals surface area contributed by atoms with E-state index >= 15 is 0 Å². The number of anilines is 1. The third-order valence-electron chi connectivity index (χ3n) is 4.28. The molecule has 1 aliphatic carbocycles. The predicted octanol–water partition coefficient (Wildman–Crippen LogP) is 2.84. The van der Waals surface area contributed by atoms with Gasteiger partial charge in [0.1, 0.15) is 0 Å². The molecule has 10 heteroatoms. The second-order valence-electron chi connectivity index (χ2n) is 6.25. The van der Waals surface area contributed by atoms with Crippen molar-refractivity contribution < 1.29 is 18.8 Å². The van der Waals surface area contributed by atoms with E-state index in [1.807, 2.05) is 0 Å². The van der Waals surface area contributed by atoms with Gasteiger partial charge < -0.3 is 10.1 Å². The highest BCUT2D eigenvalue weighted by molar-refractivity contribution is 6.28. The normalized spacial score (nSPS) is 23.1. The quantitative estimate of drug-likeness (QED) is 0.338. The maximum Gasteiger partial charge on any atom is 0.306 e. The van der Waals surface area contributed by atoms with E-state index in [0.717, 1.165) is 6.20 Å². The fraction of sp³-hybridized carbons (Fsp3) is 0.667. The molecule has 0 aliphatic heterocycles. The van der Waals surface area contributed by atoms with Crippen LogP contribution in [0.1, 0.15) is 39.0 Å². The number of carbonyl (C=O) groups excluding carboxylic acids is 1. The Labute approximate surface area is 149 Å². The number of rotatable bonds is 7. The van der Waals surface area contributed by atoms with Gasteiger partial charge in [-0.2, -0.15) is 4.98 Å². The van der Waals surface area contributed by atoms with E-state index in [1.54, 1.807) is 6.92 Å². The van der Waals surface area contributed by atoms with Gasteiger partial charge in [0.15, 0.2) is 11.6 Å². The van der Waals surface area contributed by atoms with Gasteiger partial charge in [-0.1, -0.05) is 6.42 Å². The Morgan fingerprint density at radius 3 is 3.08 bits per heavy atom. The summed E-state index contributed by atoms with van der Waals surface area (Å²) in [5.41, 5.74) is -0.820. The number of halogens is 2. The van der Waals surface area contributed by atoms with E-state index in [9.17, 15) is 19.3 Å². The summed E-state index contributed by atoms with van der Waals surface area (Å²) in [6, 6.07) is -0.261. The first-order chi connectivity index (χ1) is 11.8. The topological polar surface area (TPSA) is 107 Å². The minimum atomic E-state index is -0.820. The van der Waals surface area contributed by atoms with Crippen molar-refractivity contribution >= 4 is 23.4 Å². The van der Waals surface area contributed by atoms with E-state index in [4.69, 9.17) is 16.3 Å². The summed E-state index contributed by atoms with van der Waals surface area (Å²) in [5, 5.41) is 14.0. The van der Waals surface area contributed by atoms with Crippen LogP contribution in [0, 0.1) is 21.3 Å². The molecular weight excluding hydrogens is 355 g/mol. The van der Waals surface area contributed by atoms with Crippen molar-refractivity contribution in [3.63, 3.8) is 0 Å². The van der Waals surface area contributed by atoms with Crippen molar-refractivity contribution in [2.24, 2.45) is 5.41 Å². The fourth-order valence-electron chi connectivity index (χ4n) is 3.37. The lowest BCUT2D eigenvalue weighted by Gasteiger charge is -2.37. The summed E-state index contributed by atoms with van der Waals surface area (Å²) in [6.45, 7) is 1.57. The van der Waals surface area contributed by atoms with E-state index in [-0.39, 0.29) is 36.7 Å². The second kappa shape index (κ2) is 8.37. The molecule has 2 atom stereocenters. The average Bonchev–Trinajstić information content (AvgIpc) is 2.50. The maximum atomic E-state index is 13.8. The lowest BCUT2D eigenvalue weighted by molar-refractivity contribution is -0.499. The SMILES string of the molecule is CCOC(=O)CC1(C[N+](=O)[O-])CCCC(Nc2nc(Cl)ncc2F)C1. The van der Waals surface area contributed by atoms with Crippen molar-refractivity contribution in [1.29, 1.82) is 0 Å². The number of hydrogen-bond acceptors (Lipinski definition) is 7. The largest absolute Gasteiger partial charge is 0.466 e. The van der Waals surface area contributed by atoms with E-state index in [1.165, 1.54) is 0 Å². The highest BCUT2D eigenvalue weighted by Gasteiger charge is 2.43. The average molecular weight is 375 g/mol. The Balaban J connectivity index is 2.14. The molecule has 1 aromatic heterocycles. The molecule has 2 unspecified atom stereocenters. The lowest BCUT2D eigenvalue weighted by Crippen LogP contribution is -2.42. The van der Waals surface area contributed by atoms with Gasteiger partial charge in [0, 0.05) is 16.4 Å². The van der Waals surface area contributed by atoms with Crippen LogP contribution in [-0.2, 0) is 9.53 Å². The van der Waals surface area contributed by atoms with Gasteiger partial charge in [-0.05, 0) is 37.8 Å². The standard InChI is InChI=1S/C15H20ClFN4O4/c1-2-25-12(22)7-15(9-21(23)24)5-3-4-10(6-15)19-13-11(17)8-18-14(16)20-13/h8,10H,2-7,9H2,1H3,(H,18,19,20). The number of ether oxygens (including phenoxy) is 1. The van der Waals surface area contributed by atoms with Crippen LogP contribution in [0.4, 0.5) is 10.2 Å². The molecular formula is C15H20ClFN4O4. The van der Waals surface area contributed by atoms with Crippen molar-refractivity contribution in [2.75, 3.05) is 18.5 Å². The molecule has 1 N–H and O–H groups in total. The number of nitrogens with one attached hydrogen (secondary N) is 1. The molecule has 0 aromatic carbocycles. The smallest absolute Gasteiger partial charge is 0.306 e. The Hall–Kier alpha value is -2.03.